The fraction of sp³-hybridized carbons (Fsp3) is 0.462. The van der Waals surface area contributed by atoms with E-state index < -0.39 is 0 Å². The van der Waals surface area contributed by atoms with Crippen molar-refractivity contribution in [2.24, 2.45) is 5.73 Å². The zero-order valence-electron chi connectivity index (χ0n) is 11.6. The van der Waals surface area contributed by atoms with Crippen LogP contribution in [0.2, 0.25) is 0 Å². The van der Waals surface area contributed by atoms with Crippen LogP contribution in [-0.2, 0) is 4.79 Å². The van der Waals surface area contributed by atoms with Gasteiger partial charge in [-0.3, -0.25) is 9.69 Å². The smallest absolute Gasteiger partial charge is 0.238 e. The summed E-state index contributed by atoms with van der Waals surface area (Å²) in [5, 5.41) is 2.80. The third-order valence-electron chi connectivity index (χ3n) is 2.56. The van der Waals surface area contributed by atoms with Crippen LogP contribution in [0.25, 0.3) is 0 Å². The SMILES string of the molecule is COc1cc(NC(=O)CN(C)CCN)cc(OC)c1. The number of nitrogens with one attached hydrogen (secondary N) is 1. The number of methoxy groups -OCH3 is 2. The molecule has 0 fully saturated rings. The van der Waals surface area contributed by atoms with Crippen LogP contribution in [0.5, 0.6) is 11.5 Å². The minimum Gasteiger partial charge on any atom is -0.497 e. The summed E-state index contributed by atoms with van der Waals surface area (Å²) in [7, 11) is 4.98. The number of hydrogen-bond acceptors (Lipinski definition) is 5. The van der Waals surface area contributed by atoms with Gasteiger partial charge in [-0.15, -0.1) is 0 Å². The number of amides is 1. The van der Waals surface area contributed by atoms with Gasteiger partial charge in [0.15, 0.2) is 0 Å². The van der Waals surface area contributed by atoms with Gasteiger partial charge < -0.3 is 20.5 Å². The molecule has 0 radical (unpaired) electrons. The normalized spacial score (nSPS) is 10.4. The maximum atomic E-state index is 11.8. The van der Waals surface area contributed by atoms with Crippen LogP contribution in [0, 0.1) is 0 Å². The highest BCUT2D eigenvalue weighted by atomic mass is 16.5. The predicted molar refractivity (Wildman–Crippen MR) is 74.7 cm³/mol. The standard InChI is InChI=1S/C13H21N3O3/c1-16(5-4-14)9-13(17)15-10-6-11(18-2)8-12(7-10)19-3/h6-8H,4-5,9,14H2,1-3H3,(H,15,17). The van der Waals surface area contributed by atoms with Crippen LogP contribution >= 0.6 is 0 Å². The predicted octanol–water partition coefficient (Wildman–Crippen LogP) is 0.533. The van der Waals surface area contributed by atoms with Crippen molar-refractivity contribution >= 4 is 11.6 Å². The van der Waals surface area contributed by atoms with Crippen molar-refractivity contribution in [2.45, 2.75) is 0 Å². The zero-order chi connectivity index (χ0) is 14.3. The number of likely N-dealkylation sites (N-methyl/N-ethyl adjacent to an activating group) is 1. The Balaban J connectivity index is 2.67. The van der Waals surface area contributed by atoms with Crippen molar-refractivity contribution in [3.8, 4) is 11.5 Å². The highest BCUT2D eigenvalue weighted by molar-refractivity contribution is 5.92. The Labute approximate surface area is 113 Å². The third kappa shape index (κ3) is 5.15. The molecule has 1 rings (SSSR count). The van der Waals surface area contributed by atoms with Crippen LogP contribution in [0.4, 0.5) is 5.69 Å². The fourth-order valence-electron chi connectivity index (χ4n) is 1.62. The maximum absolute atomic E-state index is 11.8. The lowest BCUT2D eigenvalue weighted by molar-refractivity contribution is -0.117. The summed E-state index contributed by atoms with van der Waals surface area (Å²) in [6.45, 7) is 1.49. The van der Waals surface area contributed by atoms with Gasteiger partial charge in [-0.05, 0) is 7.05 Å². The number of nitrogens with two attached hydrogens (primary N) is 1. The molecule has 0 aliphatic heterocycles. The van der Waals surface area contributed by atoms with Gasteiger partial charge in [0.1, 0.15) is 11.5 Å². The molecule has 0 aliphatic carbocycles. The van der Waals surface area contributed by atoms with E-state index in [1.165, 1.54) is 0 Å². The van der Waals surface area contributed by atoms with E-state index in [9.17, 15) is 4.79 Å². The van der Waals surface area contributed by atoms with E-state index in [1.807, 2.05) is 11.9 Å². The second-order valence-electron chi connectivity index (χ2n) is 4.18. The van der Waals surface area contributed by atoms with Gasteiger partial charge in [0.2, 0.25) is 5.91 Å². The number of ether oxygens (including phenoxy) is 2. The molecule has 1 aromatic carbocycles. The maximum Gasteiger partial charge on any atom is 0.238 e. The van der Waals surface area contributed by atoms with Crippen molar-refractivity contribution in [2.75, 3.05) is 46.2 Å². The zero-order valence-corrected chi connectivity index (χ0v) is 11.6. The van der Waals surface area contributed by atoms with Crippen LogP contribution in [0.15, 0.2) is 18.2 Å². The fourth-order valence-corrected chi connectivity index (χ4v) is 1.62. The van der Waals surface area contributed by atoms with Gasteiger partial charge in [0.25, 0.3) is 0 Å². The first kappa shape index (κ1) is 15.3. The van der Waals surface area contributed by atoms with Gasteiger partial charge in [-0.25, -0.2) is 0 Å². The first-order valence-electron chi connectivity index (χ1n) is 6.00. The first-order valence-corrected chi connectivity index (χ1v) is 6.00. The van der Waals surface area contributed by atoms with E-state index in [2.05, 4.69) is 5.32 Å². The van der Waals surface area contributed by atoms with E-state index >= 15 is 0 Å². The van der Waals surface area contributed by atoms with Gasteiger partial charge >= 0.3 is 0 Å². The molecule has 0 aliphatic rings. The summed E-state index contributed by atoms with van der Waals surface area (Å²) < 4.78 is 10.3. The van der Waals surface area contributed by atoms with Crippen molar-refractivity contribution < 1.29 is 14.3 Å². The van der Waals surface area contributed by atoms with Gasteiger partial charge in [-0.1, -0.05) is 0 Å². The van der Waals surface area contributed by atoms with Crippen LogP contribution in [0.3, 0.4) is 0 Å². The van der Waals surface area contributed by atoms with Crippen LogP contribution in [0.1, 0.15) is 0 Å². The van der Waals surface area contributed by atoms with Crippen molar-refractivity contribution in [3.63, 3.8) is 0 Å². The molecule has 6 heteroatoms. The molecule has 106 valence electrons. The van der Waals surface area contributed by atoms with Crippen molar-refractivity contribution in [3.05, 3.63) is 18.2 Å². The summed E-state index contributed by atoms with van der Waals surface area (Å²) in [5.41, 5.74) is 6.07. The molecule has 0 heterocycles. The van der Waals surface area contributed by atoms with Crippen LogP contribution in [-0.4, -0.2) is 51.7 Å². The van der Waals surface area contributed by atoms with Gasteiger partial charge in [-0.2, -0.15) is 0 Å². The van der Waals surface area contributed by atoms with E-state index in [-0.39, 0.29) is 12.5 Å². The van der Waals surface area contributed by atoms with Crippen molar-refractivity contribution in [1.82, 2.24) is 4.90 Å². The number of carbonyl (C=O) groups excluding carboxylic acids is 1. The third-order valence-corrected chi connectivity index (χ3v) is 2.56. The number of benzene rings is 1. The summed E-state index contributed by atoms with van der Waals surface area (Å²) in [6, 6.07) is 5.23. The number of hydrogen-bond donors (Lipinski definition) is 2. The molecule has 1 amide bonds. The highest BCUT2D eigenvalue weighted by Crippen LogP contribution is 2.25. The second-order valence-corrected chi connectivity index (χ2v) is 4.18. The number of carbonyl (C=O) groups is 1. The molecular weight excluding hydrogens is 246 g/mol. The molecule has 0 bridgehead atoms. The van der Waals surface area contributed by atoms with E-state index in [0.29, 0.717) is 30.3 Å². The largest absolute Gasteiger partial charge is 0.497 e. The molecule has 0 saturated carbocycles. The molecular formula is C13H21N3O3. The lowest BCUT2D eigenvalue weighted by Gasteiger charge is -2.15. The van der Waals surface area contributed by atoms with Crippen molar-refractivity contribution in [1.29, 1.82) is 0 Å². The molecule has 1 aromatic rings. The molecule has 0 unspecified atom stereocenters. The Morgan fingerprint density at radius 2 is 1.84 bits per heavy atom. The number of anilines is 1. The minimum atomic E-state index is -0.105. The highest BCUT2D eigenvalue weighted by Gasteiger charge is 2.08. The lowest BCUT2D eigenvalue weighted by Crippen LogP contribution is -2.33. The molecule has 6 nitrogen and oxygen atoms in total. The minimum absolute atomic E-state index is 0.105. The summed E-state index contributed by atoms with van der Waals surface area (Å²) in [6.07, 6.45) is 0. The summed E-state index contributed by atoms with van der Waals surface area (Å²) in [4.78, 5) is 13.7. The molecule has 3 N–H and O–H groups in total. The van der Waals surface area contributed by atoms with E-state index in [1.54, 1.807) is 32.4 Å². The van der Waals surface area contributed by atoms with Gasteiger partial charge in [0.05, 0.1) is 20.8 Å². The van der Waals surface area contributed by atoms with Gasteiger partial charge in [0, 0.05) is 37.0 Å². The Morgan fingerprint density at radius 1 is 1.26 bits per heavy atom. The Morgan fingerprint density at radius 3 is 2.32 bits per heavy atom. The molecule has 19 heavy (non-hydrogen) atoms. The molecule has 0 atom stereocenters. The average Bonchev–Trinajstić information content (AvgIpc) is 2.38. The monoisotopic (exact) mass is 267 g/mol. The number of nitrogens with zero attached hydrogens (tertiary/aromatic N) is 1. The van der Waals surface area contributed by atoms with Crippen LogP contribution < -0.4 is 20.5 Å². The molecule has 0 spiro atoms. The van der Waals surface area contributed by atoms with E-state index in [4.69, 9.17) is 15.2 Å². The summed E-state index contributed by atoms with van der Waals surface area (Å²) >= 11 is 0. The Kier molecular flexibility index (Phi) is 6.11. The quantitative estimate of drug-likeness (QED) is 0.753. The Hall–Kier alpha value is -1.79. The first-order chi connectivity index (χ1) is 9.08. The second kappa shape index (κ2) is 7.60. The lowest BCUT2D eigenvalue weighted by atomic mass is 10.2. The molecule has 0 saturated heterocycles. The Bertz CT molecular complexity index is 401. The number of rotatable bonds is 7. The summed E-state index contributed by atoms with van der Waals surface area (Å²) in [5.74, 6) is 1.15. The average molecular weight is 267 g/mol. The molecule has 0 aromatic heterocycles. The van der Waals surface area contributed by atoms with E-state index in [0.717, 1.165) is 0 Å². The topological polar surface area (TPSA) is 76.8 Å².